The SMILES string of the molecule is CNC(C)c1nnc(NCC2(CC(C)C)CCCC2)o1. The molecule has 0 aliphatic heterocycles. The second kappa shape index (κ2) is 6.57. The largest absolute Gasteiger partial charge is 0.406 e. The van der Waals surface area contributed by atoms with Crippen molar-refractivity contribution < 1.29 is 4.42 Å². The van der Waals surface area contributed by atoms with Crippen molar-refractivity contribution in [1.82, 2.24) is 15.5 Å². The molecule has 1 fully saturated rings. The molecular weight excluding hydrogens is 252 g/mol. The van der Waals surface area contributed by atoms with Crippen molar-refractivity contribution in [3.8, 4) is 0 Å². The third-order valence-electron chi connectivity index (χ3n) is 4.36. The van der Waals surface area contributed by atoms with Crippen molar-refractivity contribution in [2.24, 2.45) is 11.3 Å². The summed E-state index contributed by atoms with van der Waals surface area (Å²) in [5.41, 5.74) is 0.414. The smallest absolute Gasteiger partial charge is 0.315 e. The van der Waals surface area contributed by atoms with Crippen LogP contribution in [-0.2, 0) is 0 Å². The van der Waals surface area contributed by atoms with E-state index in [2.05, 4.69) is 34.7 Å². The van der Waals surface area contributed by atoms with Gasteiger partial charge in [-0.3, -0.25) is 0 Å². The molecule has 0 aromatic carbocycles. The van der Waals surface area contributed by atoms with E-state index in [0.717, 1.165) is 12.5 Å². The second-order valence-electron chi connectivity index (χ2n) is 6.61. The molecular formula is C15H28N4O. The quantitative estimate of drug-likeness (QED) is 0.801. The minimum atomic E-state index is 0.0918. The van der Waals surface area contributed by atoms with Crippen LogP contribution in [0.15, 0.2) is 4.42 Å². The number of rotatable bonds is 7. The molecule has 1 atom stereocenters. The van der Waals surface area contributed by atoms with Gasteiger partial charge in [-0.1, -0.05) is 31.8 Å². The average Bonchev–Trinajstić information content (AvgIpc) is 3.04. The molecule has 20 heavy (non-hydrogen) atoms. The number of nitrogens with one attached hydrogen (secondary N) is 2. The fourth-order valence-corrected chi connectivity index (χ4v) is 3.31. The normalized spacial score (nSPS) is 19.4. The Morgan fingerprint density at radius 1 is 1.20 bits per heavy atom. The molecule has 2 N–H and O–H groups in total. The van der Waals surface area contributed by atoms with Crippen LogP contribution in [0.5, 0.6) is 0 Å². The Balaban J connectivity index is 1.94. The van der Waals surface area contributed by atoms with Crippen LogP contribution in [0.25, 0.3) is 0 Å². The Labute approximate surface area is 121 Å². The molecule has 0 amide bonds. The molecule has 0 bridgehead atoms. The predicted molar refractivity (Wildman–Crippen MR) is 80.6 cm³/mol. The topological polar surface area (TPSA) is 63.0 Å². The van der Waals surface area contributed by atoms with E-state index in [1.807, 2.05) is 14.0 Å². The van der Waals surface area contributed by atoms with Crippen molar-refractivity contribution in [2.75, 3.05) is 18.9 Å². The van der Waals surface area contributed by atoms with Crippen molar-refractivity contribution in [1.29, 1.82) is 0 Å². The summed E-state index contributed by atoms with van der Waals surface area (Å²) >= 11 is 0. The summed E-state index contributed by atoms with van der Waals surface area (Å²) in [7, 11) is 1.89. The van der Waals surface area contributed by atoms with Gasteiger partial charge in [0.1, 0.15) is 0 Å². The highest BCUT2D eigenvalue weighted by Crippen LogP contribution is 2.43. The molecule has 1 aromatic rings. The van der Waals surface area contributed by atoms with Gasteiger partial charge in [0.25, 0.3) is 0 Å². The van der Waals surface area contributed by atoms with Crippen LogP contribution in [0.4, 0.5) is 6.01 Å². The second-order valence-corrected chi connectivity index (χ2v) is 6.61. The van der Waals surface area contributed by atoms with Crippen LogP contribution in [0.1, 0.15) is 64.8 Å². The Bertz CT molecular complexity index is 410. The number of aromatic nitrogens is 2. The van der Waals surface area contributed by atoms with Gasteiger partial charge < -0.3 is 15.1 Å². The molecule has 0 spiro atoms. The van der Waals surface area contributed by atoms with E-state index in [9.17, 15) is 0 Å². The molecule has 1 heterocycles. The van der Waals surface area contributed by atoms with E-state index in [4.69, 9.17) is 4.42 Å². The lowest BCUT2D eigenvalue weighted by Crippen LogP contribution is -2.28. The first-order valence-corrected chi connectivity index (χ1v) is 7.79. The summed E-state index contributed by atoms with van der Waals surface area (Å²) in [6, 6.07) is 0.645. The molecule has 0 radical (unpaired) electrons. The maximum atomic E-state index is 5.65. The van der Waals surface area contributed by atoms with Crippen LogP contribution >= 0.6 is 0 Å². The number of anilines is 1. The van der Waals surface area contributed by atoms with Gasteiger partial charge in [0, 0.05) is 6.54 Å². The zero-order valence-electron chi connectivity index (χ0n) is 13.2. The average molecular weight is 280 g/mol. The van der Waals surface area contributed by atoms with Gasteiger partial charge in [-0.05, 0) is 44.6 Å². The highest BCUT2D eigenvalue weighted by molar-refractivity contribution is 5.18. The highest BCUT2D eigenvalue weighted by atomic mass is 16.4. The van der Waals surface area contributed by atoms with E-state index in [1.165, 1.54) is 32.1 Å². The monoisotopic (exact) mass is 280 g/mol. The Kier molecular flexibility index (Phi) is 5.02. The molecule has 1 aliphatic carbocycles. The van der Waals surface area contributed by atoms with Crippen molar-refractivity contribution in [3.63, 3.8) is 0 Å². The highest BCUT2D eigenvalue weighted by Gasteiger charge is 2.34. The van der Waals surface area contributed by atoms with Gasteiger partial charge in [0.05, 0.1) is 6.04 Å². The summed E-state index contributed by atoms with van der Waals surface area (Å²) in [6.07, 6.45) is 6.59. The van der Waals surface area contributed by atoms with Crippen LogP contribution in [0, 0.1) is 11.3 Å². The molecule has 5 heteroatoms. The van der Waals surface area contributed by atoms with Gasteiger partial charge in [0.15, 0.2) is 0 Å². The number of hydrogen-bond donors (Lipinski definition) is 2. The molecule has 0 saturated heterocycles. The lowest BCUT2D eigenvalue weighted by Gasteiger charge is -2.30. The van der Waals surface area contributed by atoms with Gasteiger partial charge in [0.2, 0.25) is 5.89 Å². The molecule has 1 unspecified atom stereocenters. The first-order chi connectivity index (χ1) is 9.54. The Morgan fingerprint density at radius 2 is 1.90 bits per heavy atom. The first-order valence-electron chi connectivity index (χ1n) is 7.79. The standard InChI is InChI=1S/C15H28N4O/c1-11(2)9-15(7-5-6-8-15)10-17-14-19-18-13(20-14)12(3)16-4/h11-12,16H,5-10H2,1-4H3,(H,17,19). The number of hydrogen-bond acceptors (Lipinski definition) is 5. The summed E-state index contributed by atoms with van der Waals surface area (Å²) in [5.74, 6) is 1.37. The molecule has 5 nitrogen and oxygen atoms in total. The van der Waals surface area contributed by atoms with Gasteiger partial charge in [-0.2, -0.15) is 0 Å². The molecule has 2 rings (SSSR count). The predicted octanol–water partition coefficient (Wildman–Crippen LogP) is 3.37. The van der Waals surface area contributed by atoms with Gasteiger partial charge in [-0.25, -0.2) is 0 Å². The zero-order valence-corrected chi connectivity index (χ0v) is 13.2. The van der Waals surface area contributed by atoms with E-state index in [1.54, 1.807) is 0 Å². The van der Waals surface area contributed by atoms with E-state index in [-0.39, 0.29) is 6.04 Å². The summed E-state index contributed by atoms with van der Waals surface area (Å²) in [6.45, 7) is 7.56. The van der Waals surface area contributed by atoms with Crippen LogP contribution in [0.3, 0.4) is 0 Å². The molecule has 1 aliphatic rings. The lowest BCUT2D eigenvalue weighted by atomic mass is 9.78. The Morgan fingerprint density at radius 3 is 2.50 bits per heavy atom. The van der Waals surface area contributed by atoms with Crippen LogP contribution in [0.2, 0.25) is 0 Å². The maximum Gasteiger partial charge on any atom is 0.315 e. The summed E-state index contributed by atoms with van der Waals surface area (Å²) < 4.78 is 5.65. The van der Waals surface area contributed by atoms with Crippen molar-refractivity contribution >= 4 is 6.01 Å². The first kappa shape index (κ1) is 15.3. The summed E-state index contributed by atoms with van der Waals surface area (Å²) in [4.78, 5) is 0. The third kappa shape index (κ3) is 3.72. The third-order valence-corrected chi connectivity index (χ3v) is 4.36. The van der Waals surface area contributed by atoms with Crippen molar-refractivity contribution in [3.05, 3.63) is 5.89 Å². The van der Waals surface area contributed by atoms with Crippen LogP contribution < -0.4 is 10.6 Å². The summed E-state index contributed by atoms with van der Waals surface area (Å²) in [5, 5.41) is 14.6. The minimum absolute atomic E-state index is 0.0918. The maximum absolute atomic E-state index is 5.65. The van der Waals surface area contributed by atoms with Gasteiger partial charge >= 0.3 is 6.01 Å². The zero-order chi connectivity index (χ0) is 14.6. The van der Waals surface area contributed by atoms with E-state index < -0.39 is 0 Å². The fourth-order valence-electron chi connectivity index (χ4n) is 3.31. The molecule has 1 aromatic heterocycles. The molecule has 1 saturated carbocycles. The van der Waals surface area contributed by atoms with E-state index in [0.29, 0.717) is 17.3 Å². The van der Waals surface area contributed by atoms with Crippen molar-refractivity contribution in [2.45, 2.75) is 58.9 Å². The number of nitrogens with zero attached hydrogens (tertiary/aromatic N) is 2. The minimum Gasteiger partial charge on any atom is -0.406 e. The lowest BCUT2D eigenvalue weighted by molar-refractivity contribution is 0.250. The van der Waals surface area contributed by atoms with E-state index >= 15 is 0 Å². The molecule has 114 valence electrons. The Hall–Kier alpha value is -1.10. The van der Waals surface area contributed by atoms with Gasteiger partial charge in [-0.15, -0.1) is 5.10 Å². The fraction of sp³-hybridized carbons (Fsp3) is 0.867. The van der Waals surface area contributed by atoms with Crippen LogP contribution in [-0.4, -0.2) is 23.8 Å².